The lowest BCUT2D eigenvalue weighted by Gasteiger charge is -2.17. The molecular weight excluding hydrogens is 362 g/mol. The predicted molar refractivity (Wildman–Crippen MR) is 115 cm³/mol. The van der Waals surface area contributed by atoms with Gasteiger partial charge in [0, 0.05) is 12.0 Å². The molecule has 0 fully saturated rings. The second-order valence-electron chi connectivity index (χ2n) is 7.19. The van der Waals surface area contributed by atoms with Crippen molar-refractivity contribution in [2.75, 3.05) is 7.11 Å². The van der Waals surface area contributed by atoms with Crippen LogP contribution in [-0.2, 0) is 16.0 Å². The predicted octanol–water partition coefficient (Wildman–Crippen LogP) is 4.48. The number of ether oxygens (including phenoxy) is 1. The van der Waals surface area contributed by atoms with Crippen LogP contribution in [0.3, 0.4) is 0 Å². The molecule has 0 saturated carbocycles. The molecule has 4 heteroatoms. The average Bonchev–Trinajstić information content (AvgIpc) is 2.73. The molecule has 0 radical (unpaired) electrons. The maximum absolute atomic E-state index is 12.7. The number of nitrogens with one attached hydrogen (secondary N) is 1. The van der Waals surface area contributed by atoms with Gasteiger partial charge >= 0.3 is 5.97 Å². The van der Waals surface area contributed by atoms with E-state index in [1.807, 2.05) is 74.5 Å². The molecule has 0 spiro atoms. The van der Waals surface area contributed by atoms with Crippen LogP contribution in [0, 0.1) is 13.8 Å². The Hall–Kier alpha value is -3.40. The maximum Gasteiger partial charge on any atom is 0.328 e. The maximum atomic E-state index is 12.7. The van der Waals surface area contributed by atoms with E-state index in [1.54, 1.807) is 0 Å². The summed E-state index contributed by atoms with van der Waals surface area (Å²) < 4.78 is 4.91. The quantitative estimate of drug-likeness (QED) is 0.634. The van der Waals surface area contributed by atoms with Crippen LogP contribution in [0.15, 0.2) is 72.8 Å². The number of hydrogen-bond donors (Lipinski definition) is 1. The molecule has 0 aliphatic carbocycles. The summed E-state index contributed by atoms with van der Waals surface area (Å²) in [4.78, 5) is 25.0. The first-order chi connectivity index (χ1) is 14.0. The summed E-state index contributed by atoms with van der Waals surface area (Å²) in [6, 6.07) is 22.9. The molecule has 0 aliphatic rings. The summed E-state index contributed by atoms with van der Waals surface area (Å²) in [5.74, 6) is -0.747. The van der Waals surface area contributed by atoms with Gasteiger partial charge in [-0.2, -0.15) is 0 Å². The highest BCUT2D eigenvalue weighted by Gasteiger charge is 2.23. The van der Waals surface area contributed by atoms with Crippen LogP contribution in [0.25, 0.3) is 11.1 Å². The van der Waals surface area contributed by atoms with Crippen LogP contribution in [0.4, 0.5) is 0 Å². The Morgan fingerprint density at radius 1 is 0.862 bits per heavy atom. The molecule has 29 heavy (non-hydrogen) atoms. The van der Waals surface area contributed by atoms with Crippen molar-refractivity contribution in [1.82, 2.24) is 5.32 Å². The lowest BCUT2D eigenvalue weighted by Crippen LogP contribution is -2.43. The SMILES string of the molecule is COC(=O)C(Cc1ccc(-c2ccccc2)cc1)NC(=O)c1cc(C)cc(C)c1. The van der Waals surface area contributed by atoms with Gasteiger partial charge in [-0.15, -0.1) is 0 Å². The molecular formula is C25H25NO3. The van der Waals surface area contributed by atoms with Gasteiger partial charge in [0.2, 0.25) is 0 Å². The van der Waals surface area contributed by atoms with Crippen molar-refractivity contribution in [2.24, 2.45) is 0 Å². The van der Waals surface area contributed by atoms with Gasteiger partial charge in [-0.05, 0) is 42.7 Å². The van der Waals surface area contributed by atoms with E-state index in [0.29, 0.717) is 12.0 Å². The zero-order valence-electron chi connectivity index (χ0n) is 16.9. The third kappa shape index (κ3) is 5.32. The number of hydrogen-bond acceptors (Lipinski definition) is 3. The van der Waals surface area contributed by atoms with Crippen molar-refractivity contribution in [3.05, 3.63) is 95.1 Å². The van der Waals surface area contributed by atoms with E-state index in [-0.39, 0.29) is 5.91 Å². The fourth-order valence-corrected chi connectivity index (χ4v) is 3.38. The molecule has 0 bridgehead atoms. The second-order valence-corrected chi connectivity index (χ2v) is 7.19. The monoisotopic (exact) mass is 387 g/mol. The van der Waals surface area contributed by atoms with E-state index in [4.69, 9.17) is 4.74 Å². The van der Waals surface area contributed by atoms with Gasteiger partial charge in [-0.3, -0.25) is 4.79 Å². The van der Waals surface area contributed by atoms with Gasteiger partial charge in [0.25, 0.3) is 5.91 Å². The first-order valence-electron chi connectivity index (χ1n) is 9.57. The minimum Gasteiger partial charge on any atom is -0.467 e. The lowest BCUT2D eigenvalue weighted by molar-refractivity contribution is -0.142. The third-order valence-corrected chi connectivity index (χ3v) is 4.78. The zero-order chi connectivity index (χ0) is 20.8. The van der Waals surface area contributed by atoms with E-state index < -0.39 is 12.0 Å². The topological polar surface area (TPSA) is 55.4 Å². The molecule has 0 saturated heterocycles. The molecule has 1 unspecified atom stereocenters. The average molecular weight is 387 g/mol. The Morgan fingerprint density at radius 2 is 1.45 bits per heavy atom. The lowest BCUT2D eigenvalue weighted by atomic mass is 10.00. The number of methoxy groups -OCH3 is 1. The van der Waals surface area contributed by atoms with E-state index >= 15 is 0 Å². The smallest absolute Gasteiger partial charge is 0.328 e. The van der Waals surface area contributed by atoms with Gasteiger partial charge in [0.15, 0.2) is 0 Å². The second kappa shape index (κ2) is 9.20. The molecule has 4 nitrogen and oxygen atoms in total. The Labute approximate surface area is 171 Å². The van der Waals surface area contributed by atoms with Gasteiger partial charge in [-0.1, -0.05) is 71.8 Å². The molecule has 3 rings (SSSR count). The molecule has 0 aromatic heterocycles. The first-order valence-corrected chi connectivity index (χ1v) is 9.57. The minimum absolute atomic E-state index is 0.284. The van der Waals surface area contributed by atoms with Crippen LogP contribution >= 0.6 is 0 Å². The Morgan fingerprint density at radius 3 is 2.03 bits per heavy atom. The van der Waals surface area contributed by atoms with Crippen LogP contribution in [0.1, 0.15) is 27.0 Å². The molecule has 3 aromatic rings. The van der Waals surface area contributed by atoms with E-state index in [0.717, 1.165) is 27.8 Å². The molecule has 148 valence electrons. The third-order valence-electron chi connectivity index (χ3n) is 4.78. The van der Waals surface area contributed by atoms with Crippen molar-refractivity contribution < 1.29 is 14.3 Å². The van der Waals surface area contributed by atoms with Gasteiger partial charge in [0.05, 0.1) is 7.11 Å². The zero-order valence-corrected chi connectivity index (χ0v) is 16.9. The summed E-state index contributed by atoms with van der Waals surface area (Å²) in [5.41, 5.74) is 5.72. The molecule has 0 heterocycles. The Kier molecular flexibility index (Phi) is 6.45. The fourth-order valence-electron chi connectivity index (χ4n) is 3.38. The summed E-state index contributed by atoms with van der Waals surface area (Å²) in [6.45, 7) is 3.88. The number of benzene rings is 3. The van der Waals surface area contributed by atoms with Crippen LogP contribution in [0.5, 0.6) is 0 Å². The van der Waals surface area contributed by atoms with Crippen LogP contribution in [0.2, 0.25) is 0 Å². The van der Waals surface area contributed by atoms with Crippen molar-refractivity contribution in [2.45, 2.75) is 26.3 Å². The van der Waals surface area contributed by atoms with Crippen LogP contribution in [-0.4, -0.2) is 25.0 Å². The summed E-state index contributed by atoms with van der Waals surface area (Å²) in [6.07, 6.45) is 0.359. The normalized spacial score (nSPS) is 11.6. The highest BCUT2D eigenvalue weighted by atomic mass is 16.5. The standard InChI is InChI=1S/C25H25NO3/c1-17-13-18(2)15-22(14-17)24(27)26-23(25(28)29-3)16-19-9-11-21(12-10-19)20-7-5-4-6-8-20/h4-15,23H,16H2,1-3H3,(H,26,27). The number of amides is 1. The fraction of sp³-hybridized carbons (Fsp3) is 0.200. The highest BCUT2D eigenvalue weighted by molar-refractivity contribution is 5.97. The minimum atomic E-state index is -0.754. The van der Waals surface area contributed by atoms with Crippen LogP contribution < -0.4 is 5.32 Å². The molecule has 1 atom stereocenters. The number of carbonyl (C=O) groups is 2. The van der Waals surface area contributed by atoms with Crippen molar-refractivity contribution in [1.29, 1.82) is 0 Å². The number of aryl methyl sites for hydroxylation is 2. The van der Waals surface area contributed by atoms with Gasteiger partial charge in [0.1, 0.15) is 6.04 Å². The first kappa shape index (κ1) is 20.3. The van der Waals surface area contributed by atoms with Crippen molar-refractivity contribution in [3.8, 4) is 11.1 Å². The summed E-state index contributed by atoms with van der Waals surface area (Å²) in [5, 5.41) is 2.82. The van der Waals surface area contributed by atoms with Gasteiger partial charge < -0.3 is 10.1 Å². The molecule has 0 aliphatic heterocycles. The number of esters is 1. The molecule has 1 N–H and O–H groups in total. The largest absolute Gasteiger partial charge is 0.467 e. The molecule has 1 amide bonds. The number of carbonyl (C=O) groups excluding carboxylic acids is 2. The van der Waals surface area contributed by atoms with E-state index in [1.165, 1.54) is 7.11 Å². The summed E-state index contributed by atoms with van der Waals surface area (Å²) >= 11 is 0. The Bertz CT molecular complexity index is 974. The number of rotatable bonds is 6. The van der Waals surface area contributed by atoms with E-state index in [9.17, 15) is 9.59 Å². The van der Waals surface area contributed by atoms with E-state index in [2.05, 4.69) is 17.4 Å². The summed E-state index contributed by atoms with van der Waals surface area (Å²) in [7, 11) is 1.33. The van der Waals surface area contributed by atoms with Crippen molar-refractivity contribution in [3.63, 3.8) is 0 Å². The Balaban J connectivity index is 1.75. The molecule has 3 aromatic carbocycles. The highest BCUT2D eigenvalue weighted by Crippen LogP contribution is 2.20. The van der Waals surface area contributed by atoms with Crippen molar-refractivity contribution >= 4 is 11.9 Å². The van der Waals surface area contributed by atoms with Gasteiger partial charge in [-0.25, -0.2) is 4.79 Å².